The van der Waals surface area contributed by atoms with Crippen LogP contribution >= 0.6 is 15.9 Å². The second-order valence-corrected chi connectivity index (χ2v) is 9.45. The lowest BCUT2D eigenvalue weighted by Crippen LogP contribution is -2.10. The molecule has 6 aromatic rings. The van der Waals surface area contributed by atoms with Crippen molar-refractivity contribution in [1.29, 1.82) is 0 Å². The first-order valence-electron chi connectivity index (χ1n) is 11.3. The summed E-state index contributed by atoms with van der Waals surface area (Å²) in [5, 5.41) is 21.6. The van der Waals surface area contributed by atoms with E-state index in [0.29, 0.717) is 0 Å². The molecule has 0 aliphatic heterocycles. The highest BCUT2D eigenvalue weighted by molar-refractivity contribution is 9.10. The molecule has 0 radical (unpaired) electrons. The average molecular weight is 504 g/mol. The molecule has 0 heterocycles. The second kappa shape index (κ2) is 8.60. The highest BCUT2D eigenvalue weighted by Crippen LogP contribution is 2.38. The van der Waals surface area contributed by atoms with Crippen molar-refractivity contribution in [3.8, 4) is 11.1 Å². The van der Waals surface area contributed by atoms with Crippen LogP contribution in [0.15, 0.2) is 120 Å². The predicted molar refractivity (Wildman–Crippen MR) is 147 cm³/mol. The van der Waals surface area contributed by atoms with Gasteiger partial charge in [0.25, 0.3) is 0 Å². The number of rotatable bonds is 4. The molecule has 0 aromatic heterocycles. The number of aliphatic hydroxyl groups is 1. The van der Waals surface area contributed by atoms with Gasteiger partial charge >= 0.3 is 0 Å². The molecule has 0 amide bonds. The Bertz CT molecular complexity index is 1670. The quantitative estimate of drug-likeness (QED) is 0.186. The maximum absolute atomic E-state index is 11.1. The summed E-state index contributed by atoms with van der Waals surface area (Å²) >= 11 is 3.52. The molecule has 0 aliphatic rings. The minimum atomic E-state index is -0.832. The Morgan fingerprint density at radius 3 is 2.12 bits per heavy atom. The fourth-order valence-corrected chi connectivity index (χ4v) is 5.14. The predicted octanol–water partition coefficient (Wildman–Crippen LogP) is 8.68. The first-order chi connectivity index (χ1) is 16.7. The van der Waals surface area contributed by atoms with E-state index in [1.807, 2.05) is 42.5 Å². The minimum absolute atomic E-state index is 0.827. The molecule has 2 nitrogen and oxygen atoms in total. The molecule has 34 heavy (non-hydrogen) atoms. The summed E-state index contributed by atoms with van der Waals surface area (Å²) in [7, 11) is 0. The van der Waals surface area contributed by atoms with Crippen LogP contribution in [0.5, 0.6) is 0 Å². The van der Waals surface area contributed by atoms with Crippen molar-refractivity contribution in [1.82, 2.24) is 0 Å². The number of aliphatic hydroxyl groups excluding tert-OH is 1. The molecule has 0 spiro atoms. The van der Waals surface area contributed by atoms with Gasteiger partial charge in [-0.15, -0.1) is 0 Å². The number of fused-ring (bicyclic) bond motifs is 4. The van der Waals surface area contributed by atoms with E-state index in [9.17, 15) is 5.11 Å². The van der Waals surface area contributed by atoms with Gasteiger partial charge in [0.05, 0.1) is 0 Å². The maximum atomic E-state index is 11.1. The fourth-order valence-electron chi connectivity index (χ4n) is 4.76. The molecule has 0 saturated carbocycles. The van der Waals surface area contributed by atoms with Crippen molar-refractivity contribution in [2.24, 2.45) is 0 Å². The van der Waals surface area contributed by atoms with Crippen LogP contribution in [0.1, 0.15) is 11.8 Å². The summed E-state index contributed by atoms with van der Waals surface area (Å²) in [6.07, 6.45) is -0.832. The Morgan fingerprint density at radius 1 is 0.559 bits per heavy atom. The summed E-state index contributed by atoms with van der Waals surface area (Å²) in [5.41, 5.74) is 3.93. The van der Waals surface area contributed by atoms with Gasteiger partial charge in [-0.1, -0.05) is 101 Å². The largest absolute Gasteiger partial charge is 0.369 e. The highest BCUT2D eigenvalue weighted by Gasteiger charge is 2.14. The molecule has 1 atom stereocenters. The number of hydrogen-bond donors (Lipinski definition) is 2. The normalized spacial score (nSPS) is 12.3. The van der Waals surface area contributed by atoms with Crippen LogP contribution in [0.4, 0.5) is 5.69 Å². The van der Waals surface area contributed by atoms with Crippen molar-refractivity contribution in [2.75, 3.05) is 5.32 Å². The zero-order valence-electron chi connectivity index (χ0n) is 18.4. The summed E-state index contributed by atoms with van der Waals surface area (Å²) in [6.45, 7) is 0. The van der Waals surface area contributed by atoms with Gasteiger partial charge in [-0.2, -0.15) is 0 Å². The van der Waals surface area contributed by atoms with Gasteiger partial charge in [0.1, 0.15) is 0 Å². The highest BCUT2D eigenvalue weighted by atomic mass is 79.9. The Labute approximate surface area is 206 Å². The van der Waals surface area contributed by atoms with Crippen molar-refractivity contribution >= 4 is 53.9 Å². The molecular weight excluding hydrogens is 482 g/mol. The van der Waals surface area contributed by atoms with Gasteiger partial charge in [-0.05, 0) is 68.2 Å². The molecule has 0 aliphatic carbocycles. The Hall–Kier alpha value is -3.66. The van der Waals surface area contributed by atoms with Crippen molar-refractivity contribution in [3.05, 3.63) is 125 Å². The van der Waals surface area contributed by atoms with Crippen LogP contribution in [0.25, 0.3) is 43.4 Å². The SMILES string of the molecule is OC(Nc1ccccc1-c1cc2ccccc2c2ccccc12)c1ccc2cc(Br)ccc2c1. The van der Waals surface area contributed by atoms with Crippen LogP contribution in [0, 0.1) is 0 Å². The third kappa shape index (κ3) is 3.73. The summed E-state index contributed by atoms with van der Waals surface area (Å²) in [5.74, 6) is 0. The standard InChI is InChI=1S/C31H22BrNO/c32-24-16-15-20-17-23(14-13-21(20)18-24)31(34)33-30-12-6-5-11-28(30)29-19-22-7-1-2-8-25(22)26-9-3-4-10-27(26)29/h1-19,31,33-34H. The summed E-state index contributed by atoms with van der Waals surface area (Å²) < 4.78 is 1.04. The maximum Gasteiger partial charge on any atom is 0.150 e. The molecule has 2 N–H and O–H groups in total. The molecule has 6 aromatic carbocycles. The lowest BCUT2D eigenvalue weighted by atomic mass is 9.92. The second-order valence-electron chi connectivity index (χ2n) is 8.53. The van der Waals surface area contributed by atoms with E-state index in [0.717, 1.165) is 37.6 Å². The third-order valence-electron chi connectivity index (χ3n) is 6.42. The van der Waals surface area contributed by atoms with Crippen molar-refractivity contribution in [3.63, 3.8) is 0 Å². The van der Waals surface area contributed by atoms with Gasteiger partial charge in [0, 0.05) is 21.3 Å². The molecule has 0 saturated heterocycles. The zero-order valence-corrected chi connectivity index (χ0v) is 20.0. The minimum Gasteiger partial charge on any atom is -0.369 e. The fraction of sp³-hybridized carbons (Fsp3) is 0.0323. The van der Waals surface area contributed by atoms with Crippen LogP contribution in [-0.2, 0) is 0 Å². The summed E-state index contributed by atoms with van der Waals surface area (Å²) in [6, 6.07) is 39.7. The topological polar surface area (TPSA) is 32.3 Å². The molecule has 6 rings (SSSR count). The Balaban J connectivity index is 1.44. The number of benzene rings is 6. The van der Waals surface area contributed by atoms with Gasteiger partial charge < -0.3 is 10.4 Å². The lowest BCUT2D eigenvalue weighted by molar-refractivity contribution is 0.208. The monoisotopic (exact) mass is 503 g/mol. The first-order valence-corrected chi connectivity index (χ1v) is 12.1. The molecule has 164 valence electrons. The smallest absolute Gasteiger partial charge is 0.150 e. The van der Waals surface area contributed by atoms with E-state index in [2.05, 4.69) is 94.0 Å². The average Bonchev–Trinajstić information content (AvgIpc) is 2.88. The number of halogens is 1. The Morgan fingerprint density at radius 2 is 1.24 bits per heavy atom. The molecule has 3 heteroatoms. The van der Waals surface area contributed by atoms with E-state index < -0.39 is 6.23 Å². The van der Waals surface area contributed by atoms with E-state index in [4.69, 9.17) is 0 Å². The molecule has 0 fully saturated rings. The summed E-state index contributed by atoms with van der Waals surface area (Å²) in [4.78, 5) is 0. The molecule has 1 unspecified atom stereocenters. The van der Waals surface area contributed by atoms with E-state index in [1.54, 1.807) is 0 Å². The van der Waals surface area contributed by atoms with Gasteiger partial charge in [0.2, 0.25) is 0 Å². The zero-order chi connectivity index (χ0) is 23.1. The molecular formula is C31H22BrNO. The van der Waals surface area contributed by atoms with E-state index in [1.165, 1.54) is 21.5 Å². The van der Waals surface area contributed by atoms with Crippen LogP contribution in [0.3, 0.4) is 0 Å². The number of anilines is 1. The van der Waals surface area contributed by atoms with Crippen LogP contribution in [-0.4, -0.2) is 5.11 Å². The first kappa shape index (κ1) is 20.9. The lowest BCUT2D eigenvalue weighted by Gasteiger charge is -2.19. The van der Waals surface area contributed by atoms with Crippen molar-refractivity contribution in [2.45, 2.75) is 6.23 Å². The third-order valence-corrected chi connectivity index (χ3v) is 6.91. The van der Waals surface area contributed by atoms with Crippen LogP contribution < -0.4 is 5.32 Å². The van der Waals surface area contributed by atoms with Gasteiger partial charge in [0.15, 0.2) is 6.23 Å². The number of nitrogens with one attached hydrogen (secondary N) is 1. The van der Waals surface area contributed by atoms with E-state index >= 15 is 0 Å². The van der Waals surface area contributed by atoms with Crippen LogP contribution in [0.2, 0.25) is 0 Å². The molecule has 0 bridgehead atoms. The number of hydrogen-bond acceptors (Lipinski definition) is 2. The van der Waals surface area contributed by atoms with Gasteiger partial charge in [-0.3, -0.25) is 0 Å². The Kier molecular flexibility index (Phi) is 5.29. The van der Waals surface area contributed by atoms with Gasteiger partial charge in [-0.25, -0.2) is 0 Å². The van der Waals surface area contributed by atoms with E-state index in [-0.39, 0.29) is 0 Å². The number of para-hydroxylation sites is 1. The van der Waals surface area contributed by atoms with Crippen molar-refractivity contribution < 1.29 is 5.11 Å².